The van der Waals surface area contributed by atoms with Crippen molar-refractivity contribution in [2.24, 2.45) is 0 Å². The van der Waals surface area contributed by atoms with Crippen LogP contribution >= 0.6 is 11.3 Å². The van der Waals surface area contributed by atoms with E-state index in [0.717, 1.165) is 24.0 Å². The number of amides is 1. The standard InChI is InChI=1S/C26H27NO5S/c1-4-32-26(29)23-20(18-10-9-16-7-5-6-8-17(16)13-18)15-33-25(23)27-24(28)19-11-12-21(30-2)22(14-19)31-3/h9-15H,4-8H2,1-3H3,(H,27,28). The lowest BCUT2D eigenvalue weighted by molar-refractivity contribution is 0.0529. The highest BCUT2D eigenvalue weighted by Gasteiger charge is 2.24. The van der Waals surface area contributed by atoms with E-state index in [1.165, 1.54) is 49.5 Å². The second-order valence-corrected chi connectivity index (χ2v) is 8.67. The molecule has 1 aliphatic rings. The van der Waals surface area contributed by atoms with Crippen LogP contribution < -0.4 is 14.8 Å². The minimum absolute atomic E-state index is 0.251. The van der Waals surface area contributed by atoms with Gasteiger partial charge in [-0.2, -0.15) is 0 Å². The Labute approximate surface area is 197 Å². The number of aryl methyl sites for hydroxylation is 2. The minimum atomic E-state index is -0.450. The highest BCUT2D eigenvalue weighted by atomic mass is 32.1. The molecular weight excluding hydrogens is 438 g/mol. The van der Waals surface area contributed by atoms with Gasteiger partial charge in [0.2, 0.25) is 0 Å². The van der Waals surface area contributed by atoms with Gasteiger partial charge in [0, 0.05) is 16.5 Å². The molecule has 1 heterocycles. The molecule has 1 amide bonds. The number of hydrogen-bond donors (Lipinski definition) is 1. The molecule has 172 valence electrons. The minimum Gasteiger partial charge on any atom is -0.493 e. The number of rotatable bonds is 7. The van der Waals surface area contributed by atoms with Crippen LogP contribution in [-0.4, -0.2) is 32.7 Å². The Hall–Kier alpha value is -3.32. The van der Waals surface area contributed by atoms with Crippen LogP contribution in [0.3, 0.4) is 0 Å². The predicted molar refractivity (Wildman–Crippen MR) is 130 cm³/mol. The number of methoxy groups -OCH3 is 2. The second-order valence-electron chi connectivity index (χ2n) is 7.79. The number of anilines is 1. The molecule has 1 aliphatic carbocycles. The molecule has 0 fully saturated rings. The molecule has 1 aromatic heterocycles. The van der Waals surface area contributed by atoms with Crippen LogP contribution in [-0.2, 0) is 17.6 Å². The zero-order valence-electron chi connectivity index (χ0n) is 19.0. The summed E-state index contributed by atoms with van der Waals surface area (Å²) in [5.41, 5.74) is 5.21. The molecule has 6 nitrogen and oxygen atoms in total. The lowest BCUT2D eigenvalue weighted by atomic mass is 9.89. The molecule has 0 saturated heterocycles. The van der Waals surface area contributed by atoms with Crippen LogP contribution in [0.1, 0.15) is 51.6 Å². The zero-order chi connectivity index (χ0) is 23.4. The maximum Gasteiger partial charge on any atom is 0.341 e. The summed E-state index contributed by atoms with van der Waals surface area (Å²) in [4.78, 5) is 25.9. The number of thiophene rings is 1. The molecular formula is C26H27NO5S. The fourth-order valence-electron chi connectivity index (χ4n) is 4.12. The van der Waals surface area contributed by atoms with E-state index in [-0.39, 0.29) is 12.5 Å². The van der Waals surface area contributed by atoms with Gasteiger partial charge in [0.1, 0.15) is 10.6 Å². The number of nitrogens with one attached hydrogen (secondary N) is 1. The van der Waals surface area contributed by atoms with Gasteiger partial charge < -0.3 is 19.5 Å². The predicted octanol–water partition coefficient (Wildman–Crippen LogP) is 5.74. The molecule has 0 unspecified atom stereocenters. The van der Waals surface area contributed by atoms with E-state index < -0.39 is 5.97 Å². The highest BCUT2D eigenvalue weighted by Crippen LogP contribution is 2.38. The average Bonchev–Trinajstić information content (AvgIpc) is 3.26. The molecule has 3 aromatic rings. The lowest BCUT2D eigenvalue weighted by Gasteiger charge is -2.17. The van der Waals surface area contributed by atoms with Crippen molar-refractivity contribution in [3.63, 3.8) is 0 Å². The van der Waals surface area contributed by atoms with E-state index in [2.05, 4.69) is 23.5 Å². The van der Waals surface area contributed by atoms with E-state index >= 15 is 0 Å². The van der Waals surface area contributed by atoms with Gasteiger partial charge in [-0.15, -0.1) is 11.3 Å². The molecule has 0 radical (unpaired) electrons. The van der Waals surface area contributed by atoms with E-state index in [4.69, 9.17) is 14.2 Å². The van der Waals surface area contributed by atoms with Crippen molar-refractivity contribution >= 4 is 28.2 Å². The molecule has 0 saturated carbocycles. The number of hydrogen-bond acceptors (Lipinski definition) is 6. The number of ether oxygens (including phenoxy) is 3. The maximum absolute atomic E-state index is 13.0. The van der Waals surface area contributed by atoms with Crippen LogP contribution in [0.25, 0.3) is 11.1 Å². The SMILES string of the molecule is CCOC(=O)c1c(-c2ccc3c(c2)CCCC3)csc1NC(=O)c1ccc(OC)c(OC)c1. The Balaban J connectivity index is 1.68. The number of fused-ring (bicyclic) bond motifs is 1. The Bertz CT molecular complexity index is 1180. The van der Waals surface area contributed by atoms with Crippen molar-refractivity contribution in [3.05, 3.63) is 64.0 Å². The molecule has 0 spiro atoms. The first-order valence-corrected chi connectivity index (χ1v) is 11.9. The summed E-state index contributed by atoms with van der Waals surface area (Å²) in [6.07, 6.45) is 4.53. The summed E-state index contributed by atoms with van der Waals surface area (Å²) in [6, 6.07) is 11.3. The van der Waals surface area contributed by atoms with Gasteiger partial charge >= 0.3 is 5.97 Å². The van der Waals surface area contributed by atoms with Crippen LogP contribution in [0.2, 0.25) is 0 Å². The smallest absolute Gasteiger partial charge is 0.341 e. The van der Waals surface area contributed by atoms with E-state index in [0.29, 0.717) is 27.6 Å². The van der Waals surface area contributed by atoms with Gasteiger partial charge in [-0.1, -0.05) is 18.2 Å². The second kappa shape index (κ2) is 10.1. The topological polar surface area (TPSA) is 73.9 Å². The fraction of sp³-hybridized carbons (Fsp3) is 0.308. The molecule has 4 rings (SSSR count). The highest BCUT2D eigenvalue weighted by molar-refractivity contribution is 7.15. The number of carbonyl (C=O) groups is 2. The van der Waals surface area contributed by atoms with Gasteiger partial charge in [0.05, 0.1) is 20.8 Å². The monoisotopic (exact) mass is 465 g/mol. The van der Waals surface area contributed by atoms with E-state index in [9.17, 15) is 9.59 Å². The quantitative estimate of drug-likeness (QED) is 0.451. The third kappa shape index (κ3) is 4.73. The fourth-order valence-corrected chi connectivity index (χ4v) is 5.07. The Morgan fingerprint density at radius 3 is 2.45 bits per heavy atom. The summed E-state index contributed by atoms with van der Waals surface area (Å²) in [6.45, 7) is 2.02. The Morgan fingerprint density at radius 1 is 0.970 bits per heavy atom. The van der Waals surface area contributed by atoms with Crippen LogP contribution in [0.15, 0.2) is 41.8 Å². The molecule has 7 heteroatoms. The Kier molecular flexibility index (Phi) is 6.99. The molecule has 0 bridgehead atoms. The summed E-state index contributed by atoms with van der Waals surface area (Å²) in [5.74, 6) is 0.193. The van der Waals surface area contributed by atoms with Crippen molar-refractivity contribution < 1.29 is 23.8 Å². The van der Waals surface area contributed by atoms with Crippen molar-refractivity contribution in [1.82, 2.24) is 0 Å². The summed E-state index contributed by atoms with van der Waals surface area (Å²) in [5, 5.41) is 5.25. The van der Waals surface area contributed by atoms with Gasteiger partial charge in [-0.25, -0.2) is 4.79 Å². The van der Waals surface area contributed by atoms with Gasteiger partial charge in [-0.05, 0) is 67.5 Å². The first-order valence-electron chi connectivity index (χ1n) is 11.0. The summed E-state index contributed by atoms with van der Waals surface area (Å²) >= 11 is 1.31. The number of benzene rings is 2. The third-order valence-electron chi connectivity index (χ3n) is 5.80. The summed E-state index contributed by atoms with van der Waals surface area (Å²) in [7, 11) is 3.06. The molecule has 33 heavy (non-hydrogen) atoms. The van der Waals surface area contributed by atoms with Gasteiger partial charge in [-0.3, -0.25) is 4.79 Å². The largest absolute Gasteiger partial charge is 0.493 e. The first-order chi connectivity index (χ1) is 16.0. The van der Waals surface area contributed by atoms with Crippen molar-refractivity contribution in [2.45, 2.75) is 32.6 Å². The van der Waals surface area contributed by atoms with E-state index in [1.54, 1.807) is 25.1 Å². The molecule has 0 aliphatic heterocycles. The van der Waals surface area contributed by atoms with Crippen LogP contribution in [0.5, 0.6) is 11.5 Å². The van der Waals surface area contributed by atoms with Crippen LogP contribution in [0.4, 0.5) is 5.00 Å². The first kappa shape index (κ1) is 22.9. The van der Waals surface area contributed by atoms with Crippen LogP contribution in [0, 0.1) is 0 Å². The number of carbonyl (C=O) groups excluding carboxylic acids is 2. The number of esters is 1. The van der Waals surface area contributed by atoms with Gasteiger partial charge in [0.25, 0.3) is 5.91 Å². The Morgan fingerprint density at radius 2 is 1.73 bits per heavy atom. The van der Waals surface area contributed by atoms with Gasteiger partial charge in [0.15, 0.2) is 11.5 Å². The van der Waals surface area contributed by atoms with Crippen molar-refractivity contribution in [1.29, 1.82) is 0 Å². The molecule has 1 N–H and O–H groups in total. The maximum atomic E-state index is 13.0. The normalized spacial score (nSPS) is 12.6. The average molecular weight is 466 g/mol. The molecule has 2 aromatic carbocycles. The third-order valence-corrected chi connectivity index (χ3v) is 6.70. The van der Waals surface area contributed by atoms with E-state index in [1.807, 2.05) is 5.38 Å². The zero-order valence-corrected chi connectivity index (χ0v) is 19.8. The lowest BCUT2D eigenvalue weighted by Crippen LogP contribution is -2.15. The molecule has 0 atom stereocenters. The van der Waals surface area contributed by atoms with Crippen molar-refractivity contribution in [2.75, 3.05) is 26.1 Å². The van der Waals surface area contributed by atoms with Crippen molar-refractivity contribution in [3.8, 4) is 22.6 Å². The summed E-state index contributed by atoms with van der Waals surface area (Å²) < 4.78 is 15.9.